The number of carbonyl (C=O) groups excluding carboxylic acids is 1. The summed E-state index contributed by atoms with van der Waals surface area (Å²) in [6.07, 6.45) is -9.28. The summed E-state index contributed by atoms with van der Waals surface area (Å²) in [5.41, 5.74) is -6.79. The fourth-order valence-electron chi connectivity index (χ4n) is 5.82. The summed E-state index contributed by atoms with van der Waals surface area (Å²) in [4.78, 5) is 13.1. The normalized spacial score (nSPS) is 34.0. The van der Waals surface area contributed by atoms with Crippen molar-refractivity contribution >= 4 is 5.97 Å². The molecule has 4 aliphatic rings. The third-order valence-electron chi connectivity index (χ3n) is 8.38. The minimum Gasteiger partial charge on any atom is -0.458 e. The number of esters is 1. The van der Waals surface area contributed by atoms with Gasteiger partial charge < -0.3 is 14.6 Å². The van der Waals surface area contributed by atoms with E-state index >= 15 is 0 Å². The van der Waals surface area contributed by atoms with Gasteiger partial charge in [0.2, 0.25) is 0 Å². The SMILES string of the molecule is CC(OCCC(O)(C(F)(F)F)C(F)(F)F)C(C)(C)C(=O)OC1(C)C2CC3CC(C2)CC1C3. The number of alkyl halides is 6. The lowest BCUT2D eigenvalue weighted by Gasteiger charge is -2.59. The Labute approximate surface area is 184 Å². The minimum absolute atomic E-state index is 0.267. The Morgan fingerprint density at radius 1 is 0.969 bits per heavy atom. The number of aliphatic hydroxyl groups is 1. The minimum atomic E-state index is -5.90. The molecule has 1 unspecified atom stereocenters. The number of hydrogen-bond acceptors (Lipinski definition) is 4. The quantitative estimate of drug-likeness (QED) is 0.395. The molecule has 0 radical (unpaired) electrons. The van der Waals surface area contributed by atoms with E-state index in [1.807, 2.05) is 6.92 Å². The van der Waals surface area contributed by atoms with Crippen molar-refractivity contribution in [1.82, 2.24) is 0 Å². The lowest BCUT2D eigenvalue weighted by atomic mass is 9.50. The van der Waals surface area contributed by atoms with Crippen molar-refractivity contribution in [2.45, 2.75) is 95.9 Å². The van der Waals surface area contributed by atoms with Gasteiger partial charge in [-0.25, -0.2) is 0 Å². The van der Waals surface area contributed by atoms with Crippen molar-refractivity contribution in [3.63, 3.8) is 0 Å². The second kappa shape index (κ2) is 8.03. The molecule has 186 valence electrons. The summed E-state index contributed by atoms with van der Waals surface area (Å²) >= 11 is 0. The number of carbonyl (C=O) groups is 1. The van der Waals surface area contributed by atoms with E-state index in [-0.39, 0.29) is 11.8 Å². The van der Waals surface area contributed by atoms with E-state index in [4.69, 9.17) is 9.47 Å². The number of ether oxygens (including phenoxy) is 2. The van der Waals surface area contributed by atoms with Crippen LogP contribution in [0.5, 0.6) is 0 Å². The van der Waals surface area contributed by atoms with Crippen LogP contribution < -0.4 is 0 Å². The maximum Gasteiger partial charge on any atom is 0.426 e. The zero-order chi connectivity index (χ0) is 24.3. The predicted octanol–water partition coefficient (Wildman–Crippen LogP) is 5.42. The van der Waals surface area contributed by atoms with Gasteiger partial charge in [0.05, 0.1) is 18.1 Å². The standard InChI is InChI=1S/C22H32F6O4/c1-12(31-6-5-20(30,21(23,24)25)22(26,27)28)18(2,3)17(29)32-19(4)15-8-13-7-14(10-15)11-16(19)9-13/h12-16,30H,5-11H2,1-4H3. The number of halogens is 6. The second-order valence-corrected chi connectivity index (χ2v) is 10.7. The maximum absolute atomic E-state index is 13.1. The molecule has 4 bridgehead atoms. The Morgan fingerprint density at radius 3 is 1.81 bits per heavy atom. The van der Waals surface area contributed by atoms with E-state index in [1.54, 1.807) is 0 Å². The molecule has 4 nitrogen and oxygen atoms in total. The molecule has 10 heteroatoms. The Kier molecular flexibility index (Phi) is 6.42. The molecule has 1 N–H and O–H groups in total. The highest BCUT2D eigenvalue weighted by Gasteiger charge is 2.70. The Hall–Kier alpha value is -1.03. The largest absolute Gasteiger partial charge is 0.458 e. The van der Waals surface area contributed by atoms with Crippen LogP contribution in [-0.2, 0) is 14.3 Å². The first-order chi connectivity index (χ1) is 14.4. The first kappa shape index (κ1) is 25.6. The summed E-state index contributed by atoms with van der Waals surface area (Å²) in [7, 11) is 0. The highest BCUT2D eigenvalue weighted by Crippen LogP contribution is 2.59. The maximum atomic E-state index is 13.1. The van der Waals surface area contributed by atoms with Crippen LogP contribution in [0.1, 0.15) is 66.2 Å². The summed E-state index contributed by atoms with van der Waals surface area (Å²) in [5, 5.41) is 9.25. The summed E-state index contributed by atoms with van der Waals surface area (Å²) in [5.74, 6) is 1.29. The highest BCUT2D eigenvalue weighted by molar-refractivity contribution is 5.77. The van der Waals surface area contributed by atoms with Gasteiger partial charge in [0.25, 0.3) is 5.60 Å². The van der Waals surface area contributed by atoms with Crippen molar-refractivity contribution in [2.24, 2.45) is 29.1 Å². The zero-order valence-electron chi connectivity index (χ0n) is 18.8. The second-order valence-electron chi connectivity index (χ2n) is 10.7. The Morgan fingerprint density at radius 2 is 1.41 bits per heavy atom. The molecule has 0 aliphatic heterocycles. The average Bonchev–Trinajstić information content (AvgIpc) is 2.63. The van der Waals surface area contributed by atoms with Crippen molar-refractivity contribution in [3.8, 4) is 0 Å². The third-order valence-corrected chi connectivity index (χ3v) is 8.38. The summed E-state index contributed by atoms with van der Waals surface area (Å²) in [6.45, 7) is 5.32. The fraction of sp³-hybridized carbons (Fsp3) is 0.955. The molecule has 1 atom stereocenters. The molecule has 0 heterocycles. The number of rotatable bonds is 7. The zero-order valence-corrected chi connectivity index (χ0v) is 18.8. The van der Waals surface area contributed by atoms with Gasteiger partial charge >= 0.3 is 18.3 Å². The molecule has 0 spiro atoms. The lowest BCUT2D eigenvalue weighted by molar-refractivity contribution is -0.372. The molecule has 4 fully saturated rings. The molecule has 0 amide bonds. The Bertz CT molecular complexity index is 672. The summed E-state index contributed by atoms with van der Waals surface area (Å²) in [6, 6.07) is 0. The van der Waals surface area contributed by atoms with Crippen LogP contribution in [-0.4, -0.2) is 47.3 Å². The van der Waals surface area contributed by atoms with Crippen LogP contribution in [0.2, 0.25) is 0 Å². The first-order valence-electron chi connectivity index (χ1n) is 11.1. The predicted molar refractivity (Wildman–Crippen MR) is 102 cm³/mol. The van der Waals surface area contributed by atoms with Gasteiger partial charge in [-0.05, 0) is 83.5 Å². The first-order valence-corrected chi connectivity index (χ1v) is 11.1. The molecule has 0 saturated heterocycles. The third kappa shape index (κ3) is 4.26. The van der Waals surface area contributed by atoms with Crippen LogP contribution >= 0.6 is 0 Å². The van der Waals surface area contributed by atoms with Crippen LogP contribution in [0.4, 0.5) is 26.3 Å². The van der Waals surface area contributed by atoms with Crippen LogP contribution in [0, 0.1) is 29.1 Å². The van der Waals surface area contributed by atoms with Crippen molar-refractivity contribution in [1.29, 1.82) is 0 Å². The molecule has 0 aromatic heterocycles. The topological polar surface area (TPSA) is 55.8 Å². The van der Waals surface area contributed by atoms with E-state index in [0.717, 1.165) is 25.7 Å². The van der Waals surface area contributed by atoms with Crippen LogP contribution in [0.3, 0.4) is 0 Å². The van der Waals surface area contributed by atoms with Crippen molar-refractivity contribution in [2.75, 3.05) is 6.61 Å². The molecular formula is C22H32F6O4. The average molecular weight is 474 g/mol. The van der Waals surface area contributed by atoms with Gasteiger partial charge in [-0.3, -0.25) is 4.79 Å². The fourth-order valence-corrected chi connectivity index (χ4v) is 5.82. The Balaban J connectivity index is 1.61. The lowest BCUT2D eigenvalue weighted by Crippen LogP contribution is -2.59. The molecular weight excluding hydrogens is 442 g/mol. The molecule has 4 saturated carbocycles. The van der Waals surface area contributed by atoms with Gasteiger partial charge in [-0.2, -0.15) is 26.3 Å². The van der Waals surface area contributed by atoms with E-state index in [2.05, 4.69) is 0 Å². The van der Waals surface area contributed by atoms with Gasteiger partial charge in [-0.15, -0.1) is 0 Å². The van der Waals surface area contributed by atoms with Gasteiger partial charge in [0, 0.05) is 6.42 Å². The van der Waals surface area contributed by atoms with E-state index in [0.29, 0.717) is 11.8 Å². The molecule has 32 heavy (non-hydrogen) atoms. The van der Waals surface area contributed by atoms with Gasteiger partial charge in [0.1, 0.15) is 5.60 Å². The van der Waals surface area contributed by atoms with E-state index in [1.165, 1.54) is 27.2 Å². The van der Waals surface area contributed by atoms with E-state index < -0.39 is 54.1 Å². The molecule has 0 aromatic rings. The molecule has 4 rings (SSSR count). The van der Waals surface area contributed by atoms with Crippen LogP contribution in [0.15, 0.2) is 0 Å². The van der Waals surface area contributed by atoms with Crippen molar-refractivity contribution in [3.05, 3.63) is 0 Å². The summed E-state index contributed by atoms with van der Waals surface area (Å²) < 4.78 is 88.2. The molecule has 0 aromatic carbocycles. The van der Waals surface area contributed by atoms with Crippen LogP contribution in [0.25, 0.3) is 0 Å². The van der Waals surface area contributed by atoms with E-state index in [9.17, 15) is 36.2 Å². The monoisotopic (exact) mass is 474 g/mol. The molecule has 4 aliphatic carbocycles. The van der Waals surface area contributed by atoms with Gasteiger partial charge in [0.15, 0.2) is 0 Å². The van der Waals surface area contributed by atoms with Gasteiger partial charge in [-0.1, -0.05) is 0 Å². The highest BCUT2D eigenvalue weighted by atomic mass is 19.4. The number of hydrogen-bond donors (Lipinski definition) is 1. The smallest absolute Gasteiger partial charge is 0.426 e. The van der Waals surface area contributed by atoms with Crippen molar-refractivity contribution < 1.29 is 45.7 Å².